The molecule has 2 atom stereocenters. The van der Waals surface area contributed by atoms with E-state index in [0.717, 1.165) is 12.3 Å². The van der Waals surface area contributed by atoms with E-state index in [1.807, 2.05) is 24.3 Å². The lowest BCUT2D eigenvalue weighted by Gasteiger charge is -2.23. The van der Waals surface area contributed by atoms with E-state index in [1.54, 1.807) is 13.2 Å². The molecule has 0 aliphatic heterocycles. The van der Waals surface area contributed by atoms with Gasteiger partial charge in [-0.15, -0.1) is 0 Å². The van der Waals surface area contributed by atoms with Crippen molar-refractivity contribution in [2.75, 3.05) is 19.0 Å². The minimum atomic E-state index is -0.528. The Morgan fingerprint density at radius 1 is 1.07 bits per heavy atom. The first-order valence-electron chi connectivity index (χ1n) is 8.89. The minimum Gasteiger partial charge on any atom is -0.496 e. The summed E-state index contributed by atoms with van der Waals surface area (Å²) in [5, 5.41) is 3.36. The predicted molar refractivity (Wildman–Crippen MR) is 104 cm³/mol. The van der Waals surface area contributed by atoms with E-state index < -0.39 is 5.95 Å². The lowest BCUT2D eigenvalue weighted by Crippen LogP contribution is -2.18. The van der Waals surface area contributed by atoms with Crippen LogP contribution in [0.2, 0.25) is 0 Å². The number of halogens is 1. The molecule has 27 heavy (non-hydrogen) atoms. The van der Waals surface area contributed by atoms with Gasteiger partial charge in [0, 0.05) is 30.4 Å². The summed E-state index contributed by atoms with van der Waals surface area (Å²) in [5.74, 6) is 1.74. The van der Waals surface area contributed by atoms with Gasteiger partial charge in [-0.25, -0.2) is 15.0 Å². The van der Waals surface area contributed by atoms with E-state index in [-0.39, 0.29) is 0 Å². The van der Waals surface area contributed by atoms with Gasteiger partial charge in [0.15, 0.2) is 0 Å². The lowest BCUT2D eigenvalue weighted by molar-refractivity contribution is 0.397. The van der Waals surface area contributed by atoms with Gasteiger partial charge in [0.1, 0.15) is 17.9 Å². The zero-order valence-electron chi connectivity index (χ0n) is 15.7. The second-order valence-electron chi connectivity index (χ2n) is 6.54. The van der Waals surface area contributed by atoms with Crippen LogP contribution in [-0.4, -0.2) is 28.6 Å². The zero-order chi connectivity index (χ0) is 19.2. The topological polar surface area (TPSA) is 59.9 Å². The Labute approximate surface area is 158 Å². The van der Waals surface area contributed by atoms with Gasteiger partial charge in [-0.3, -0.25) is 0 Å². The molecule has 0 radical (unpaired) electrons. The van der Waals surface area contributed by atoms with Crippen LogP contribution in [0.4, 0.5) is 10.2 Å². The summed E-state index contributed by atoms with van der Waals surface area (Å²) in [7, 11) is 1.69. The third-order valence-electron chi connectivity index (χ3n) is 4.78. The number of pyridine rings is 1. The Morgan fingerprint density at radius 3 is 2.67 bits per heavy atom. The van der Waals surface area contributed by atoms with Crippen molar-refractivity contribution < 1.29 is 9.13 Å². The average Bonchev–Trinajstić information content (AvgIpc) is 2.71. The van der Waals surface area contributed by atoms with Crippen molar-refractivity contribution in [2.24, 2.45) is 5.92 Å². The maximum atomic E-state index is 13.3. The Hall–Kier alpha value is -3.02. The van der Waals surface area contributed by atoms with Gasteiger partial charge in [0.05, 0.1) is 12.8 Å². The van der Waals surface area contributed by atoms with Crippen LogP contribution in [0.25, 0.3) is 11.3 Å². The fourth-order valence-corrected chi connectivity index (χ4v) is 2.97. The van der Waals surface area contributed by atoms with E-state index >= 15 is 0 Å². The number of hydrogen-bond acceptors (Lipinski definition) is 5. The molecule has 6 heteroatoms. The number of para-hydroxylation sites is 1. The van der Waals surface area contributed by atoms with Gasteiger partial charge in [0.2, 0.25) is 5.95 Å². The number of anilines is 1. The van der Waals surface area contributed by atoms with E-state index in [0.29, 0.717) is 28.9 Å². The number of hydrogen-bond donors (Lipinski definition) is 1. The summed E-state index contributed by atoms with van der Waals surface area (Å²) in [6.45, 7) is 5.11. The van der Waals surface area contributed by atoms with Crippen molar-refractivity contribution >= 4 is 5.82 Å². The van der Waals surface area contributed by atoms with Crippen LogP contribution < -0.4 is 10.1 Å². The molecule has 140 valence electrons. The molecular weight excluding hydrogens is 343 g/mol. The van der Waals surface area contributed by atoms with E-state index in [4.69, 9.17) is 4.74 Å². The summed E-state index contributed by atoms with van der Waals surface area (Å²) >= 11 is 0. The quantitative estimate of drug-likeness (QED) is 0.622. The van der Waals surface area contributed by atoms with Crippen LogP contribution >= 0.6 is 0 Å². The highest BCUT2D eigenvalue weighted by atomic mass is 19.1. The van der Waals surface area contributed by atoms with Crippen LogP contribution in [0.5, 0.6) is 5.75 Å². The number of aromatic nitrogens is 3. The molecule has 0 spiro atoms. The molecule has 0 aliphatic rings. The van der Waals surface area contributed by atoms with Gasteiger partial charge in [0.25, 0.3) is 0 Å². The standard InChI is InChI=1S/C21H23FN4O/c1-14(15(2)17-6-4-5-7-19(17)27-3)12-24-21-11-18(25-13-26-21)16-8-9-23-20(22)10-16/h4-11,13-15H,12H2,1-3H3,(H,24,25,26)/t14-,15?/m1/s1. The van der Waals surface area contributed by atoms with Crippen molar-refractivity contribution in [3.05, 3.63) is 66.5 Å². The van der Waals surface area contributed by atoms with E-state index in [1.165, 1.54) is 24.2 Å². The molecular formula is C21H23FN4O. The normalized spacial score (nSPS) is 13.0. The fraction of sp³-hybridized carbons (Fsp3) is 0.286. The summed E-state index contributed by atoms with van der Waals surface area (Å²) in [4.78, 5) is 12.1. The highest BCUT2D eigenvalue weighted by Gasteiger charge is 2.18. The molecule has 2 aromatic heterocycles. The number of benzene rings is 1. The van der Waals surface area contributed by atoms with E-state index in [9.17, 15) is 4.39 Å². The Kier molecular flexibility index (Phi) is 5.96. The molecule has 1 unspecified atom stereocenters. The second-order valence-corrected chi connectivity index (χ2v) is 6.54. The number of ether oxygens (including phenoxy) is 1. The summed E-state index contributed by atoms with van der Waals surface area (Å²) in [6.07, 6.45) is 2.90. The average molecular weight is 366 g/mol. The van der Waals surface area contributed by atoms with Crippen LogP contribution in [0.15, 0.2) is 55.0 Å². The molecule has 0 aliphatic carbocycles. The lowest BCUT2D eigenvalue weighted by atomic mass is 9.88. The number of rotatable bonds is 7. The molecule has 2 heterocycles. The van der Waals surface area contributed by atoms with Crippen LogP contribution in [0, 0.1) is 11.9 Å². The van der Waals surface area contributed by atoms with Crippen molar-refractivity contribution in [2.45, 2.75) is 19.8 Å². The molecule has 1 N–H and O–H groups in total. The van der Waals surface area contributed by atoms with Crippen LogP contribution in [-0.2, 0) is 0 Å². The molecule has 0 fully saturated rings. The monoisotopic (exact) mass is 366 g/mol. The van der Waals surface area contributed by atoms with Crippen LogP contribution in [0.1, 0.15) is 25.3 Å². The highest BCUT2D eigenvalue weighted by Crippen LogP contribution is 2.31. The molecule has 0 amide bonds. The largest absolute Gasteiger partial charge is 0.496 e. The Balaban J connectivity index is 1.68. The molecule has 5 nitrogen and oxygen atoms in total. The fourth-order valence-electron chi connectivity index (χ4n) is 2.97. The number of methoxy groups -OCH3 is 1. The van der Waals surface area contributed by atoms with Gasteiger partial charge in [-0.2, -0.15) is 4.39 Å². The maximum Gasteiger partial charge on any atom is 0.213 e. The van der Waals surface area contributed by atoms with Crippen molar-refractivity contribution in [1.29, 1.82) is 0 Å². The van der Waals surface area contributed by atoms with E-state index in [2.05, 4.69) is 40.2 Å². The molecule has 1 aromatic carbocycles. The first-order valence-corrected chi connectivity index (χ1v) is 8.89. The van der Waals surface area contributed by atoms with Crippen LogP contribution in [0.3, 0.4) is 0 Å². The van der Waals surface area contributed by atoms with Gasteiger partial charge >= 0.3 is 0 Å². The number of nitrogens with zero attached hydrogens (tertiary/aromatic N) is 3. The van der Waals surface area contributed by atoms with Gasteiger partial charge in [-0.05, 0) is 29.5 Å². The summed E-state index contributed by atoms with van der Waals surface area (Å²) < 4.78 is 18.8. The maximum absolute atomic E-state index is 13.3. The Morgan fingerprint density at radius 2 is 1.89 bits per heavy atom. The molecule has 3 aromatic rings. The first-order chi connectivity index (χ1) is 13.1. The first kappa shape index (κ1) is 18.8. The smallest absolute Gasteiger partial charge is 0.213 e. The highest BCUT2D eigenvalue weighted by molar-refractivity contribution is 5.61. The minimum absolute atomic E-state index is 0.309. The predicted octanol–water partition coefficient (Wildman–Crippen LogP) is 4.54. The third-order valence-corrected chi connectivity index (χ3v) is 4.78. The molecule has 0 bridgehead atoms. The third kappa shape index (κ3) is 4.58. The number of nitrogens with one attached hydrogen (secondary N) is 1. The molecule has 0 saturated carbocycles. The van der Waals surface area contributed by atoms with Crippen molar-refractivity contribution in [1.82, 2.24) is 15.0 Å². The second kappa shape index (κ2) is 8.58. The summed E-state index contributed by atoms with van der Waals surface area (Å²) in [5.41, 5.74) is 2.51. The SMILES string of the molecule is COc1ccccc1C(C)[C@H](C)CNc1cc(-c2ccnc(F)c2)ncn1. The summed E-state index contributed by atoms with van der Waals surface area (Å²) in [6, 6.07) is 13.0. The Bertz CT molecular complexity index is 903. The molecule has 3 rings (SSSR count). The van der Waals surface area contributed by atoms with Crippen molar-refractivity contribution in [3.8, 4) is 17.0 Å². The van der Waals surface area contributed by atoms with Crippen molar-refractivity contribution in [3.63, 3.8) is 0 Å². The van der Waals surface area contributed by atoms with Gasteiger partial charge in [-0.1, -0.05) is 32.0 Å². The molecule has 0 saturated heterocycles. The van der Waals surface area contributed by atoms with Gasteiger partial charge < -0.3 is 10.1 Å². The zero-order valence-corrected chi connectivity index (χ0v) is 15.7.